The summed E-state index contributed by atoms with van der Waals surface area (Å²) in [5.74, 6) is -0.803. The minimum atomic E-state index is -0.814. The van der Waals surface area contributed by atoms with Crippen LogP contribution in [-0.2, 0) is 11.2 Å². The molecule has 0 bridgehead atoms. The highest BCUT2D eigenvalue weighted by molar-refractivity contribution is 6.32. The molecule has 4 heteroatoms. The first-order valence-electron chi connectivity index (χ1n) is 5.63. The van der Waals surface area contributed by atoms with Gasteiger partial charge in [0.15, 0.2) is 5.78 Å². The van der Waals surface area contributed by atoms with E-state index in [9.17, 15) is 9.59 Å². The van der Waals surface area contributed by atoms with Crippen LogP contribution in [0.1, 0.15) is 35.2 Å². The summed E-state index contributed by atoms with van der Waals surface area (Å²) in [6, 6.07) is 5.35. The molecule has 1 unspecified atom stereocenters. The number of carboxylic acid groups (broad SMARTS) is 1. The predicted octanol–water partition coefficient (Wildman–Crippen LogP) is 2.95. The van der Waals surface area contributed by atoms with E-state index in [2.05, 4.69) is 0 Å². The Labute approximate surface area is 104 Å². The number of halogens is 1. The number of carboxylic acids is 1. The lowest BCUT2D eigenvalue weighted by molar-refractivity contribution is -0.137. The Morgan fingerprint density at radius 1 is 1.47 bits per heavy atom. The van der Waals surface area contributed by atoms with Crippen molar-refractivity contribution in [3.8, 4) is 0 Å². The minimum absolute atomic E-state index is 0.0933. The van der Waals surface area contributed by atoms with Crippen molar-refractivity contribution >= 4 is 23.4 Å². The highest BCUT2D eigenvalue weighted by atomic mass is 35.5. The molecule has 1 atom stereocenters. The predicted molar refractivity (Wildman–Crippen MR) is 64.5 cm³/mol. The molecule has 0 saturated carbocycles. The fourth-order valence-corrected chi connectivity index (χ4v) is 2.54. The zero-order valence-corrected chi connectivity index (χ0v) is 10.0. The minimum Gasteiger partial charge on any atom is -0.481 e. The molecule has 1 aromatic carbocycles. The van der Waals surface area contributed by atoms with Gasteiger partial charge in [-0.15, -0.1) is 0 Å². The van der Waals surface area contributed by atoms with E-state index in [0.717, 1.165) is 5.56 Å². The zero-order chi connectivity index (χ0) is 12.4. The molecular weight excluding hydrogens is 240 g/mol. The average Bonchev–Trinajstić information content (AvgIpc) is 2.58. The maximum absolute atomic E-state index is 12.0. The highest BCUT2D eigenvalue weighted by Gasteiger charge is 2.31. The number of carbonyl (C=O) groups is 2. The van der Waals surface area contributed by atoms with Gasteiger partial charge in [0.2, 0.25) is 0 Å². The van der Waals surface area contributed by atoms with E-state index < -0.39 is 5.97 Å². The van der Waals surface area contributed by atoms with E-state index in [-0.39, 0.29) is 18.1 Å². The summed E-state index contributed by atoms with van der Waals surface area (Å²) in [4.78, 5) is 22.4. The van der Waals surface area contributed by atoms with Gasteiger partial charge in [0, 0.05) is 22.9 Å². The van der Waals surface area contributed by atoms with Crippen molar-refractivity contribution in [3.63, 3.8) is 0 Å². The van der Waals surface area contributed by atoms with Gasteiger partial charge < -0.3 is 5.11 Å². The molecule has 0 radical (unpaired) electrons. The van der Waals surface area contributed by atoms with Crippen molar-refractivity contribution in [2.45, 2.75) is 25.7 Å². The summed E-state index contributed by atoms with van der Waals surface area (Å²) >= 11 is 6.04. The first-order chi connectivity index (χ1) is 8.09. The molecule has 1 aliphatic carbocycles. The molecule has 3 nitrogen and oxygen atoms in total. The molecule has 2 rings (SSSR count). The van der Waals surface area contributed by atoms with Crippen LogP contribution >= 0.6 is 11.6 Å². The summed E-state index contributed by atoms with van der Waals surface area (Å²) in [7, 11) is 0. The Morgan fingerprint density at radius 3 is 2.88 bits per heavy atom. The average molecular weight is 253 g/mol. The topological polar surface area (TPSA) is 54.4 Å². The quantitative estimate of drug-likeness (QED) is 0.896. The van der Waals surface area contributed by atoms with E-state index in [4.69, 9.17) is 16.7 Å². The molecule has 0 aliphatic heterocycles. The molecule has 0 spiro atoms. The molecule has 1 N–H and O–H groups in total. The number of rotatable bonds is 4. The van der Waals surface area contributed by atoms with Crippen LogP contribution < -0.4 is 0 Å². The van der Waals surface area contributed by atoms with Gasteiger partial charge >= 0.3 is 5.97 Å². The molecular formula is C13H13ClO3. The second kappa shape index (κ2) is 4.88. The molecule has 0 aromatic heterocycles. The molecule has 0 fully saturated rings. The second-order valence-corrected chi connectivity index (χ2v) is 4.72. The van der Waals surface area contributed by atoms with Gasteiger partial charge in [0.25, 0.3) is 0 Å². The number of fused-ring (bicyclic) bond motifs is 1. The lowest BCUT2D eigenvalue weighted by Gasteiger charge is -2.05. The Bertz CT molecular complexity index is 468. The van der Waals surface area contributed by atoms with Crippen LogP contribution in [-0.4, -0.2) is 16.9 Å². The summed E-state index contributed by atoms with van der Waals surface area (Å²) in [5.41, 5.74) is 1.62. The lowest BCUT2D eigenvalue weighted by Crippen LogP contribution is -2.09. The third-order valence-electron chi connectivity index (χ3n) is 3.15. The maximum Gasteiger partial charge on any atom is 0.303 e. The van der Waals surface area contributed by atoms with E-state index in [1.165, 1.54) is 0 Å². The fourth-order valence-electron chi connectivity index (χ4n) is 2.29. The number of aliphatic carboxylic acids is 1. The molecule has 0 saturated heterocycles. The van der Waals surface area contributed by atoms with Crippen molar-refractivity contribution in [1.82, 2.24) is 0 Å². The monoisotopic (exact) mass is 252 g/mol. The SMILES string of the molecule is O=C(O)CCCC1Cc2c(Cl)cccc2C1=O. The Kier molecular flexibility index (Phi) is 3.48. The zero-order valence-electron chi connectivity index (χ0n) is 9.28. The van der Waals surface area contributed by atoms with Crippen molar-refractivity contribution in [2.75, 3.05) is 0 Å². The molecule has 90 valence electrons. The number of ketones is 1. The smallest absolute Gasteiger partial charge is 0.303 e. The van der Waals surface area contributed by atoms with Crippen LogP contribution in [0.4, 0.5) is 0 Å². The third-order valence-corrected chi connectivity index (χ3v) is 3.50. The van der Waals surface area contributed by atoms with E-state index in [1.807, 2.05) is 0 Å². The third kappa shape index (κ3) is 2.50. The summed E-state index contributed by atoms with van der Waals surface area (Å²) < 4.78 is 0. The van der Waals surface area contributed by atoms with Gasteiger partial charge in [-0.2, -0.15) is 0 Å². The van der Waals surface area contributed by atoms with Gasteiger partial charge in [-0.1, -0.05) is 23.7 Å². The first kappa shape index (κ1) is 12.1. The van der Waals surface area contributed by atoms with Crippen molar-refractivity contribution in [2.24, 2.45) is 5.92 Å². The molecule has 0 amide bonds. The van der Waals surface area contributed by atoms with Gasteiger partial charge in [-0.25, -0.2) is 0 Å². The van der Waals surface area contributed by atoms with Crippen LogP contribution in [0.5, 0.6) is 0 Å². The standard InChI is InChI=1S/C13H13ClO3/c14-11-5-2-4-9-10(11)7-8(13(9)17)3-1-6-12(15)16/h2,4-5,8H,1,3,6-7H2,(H,15,16). The van der Waals surface area contributed by atoms with Crippen LogP contribution in [0, 0.1) is 5.92 Å². The number of Topliss-reactive ketones (excluding diaryl/α,β-unsaturated/α-hetero) is 1. The van der Waals surface area contributed by atoms with Gasteiger partial charge in [-0.3, -0.25) is 9.59 Å². The van der Waals surface area contributed by atoms with Gasteiger partial charge in [0.05, 0.1) is 0 Å². The Morgan fingerprint density at radius 2 is 2.24 bits per heavy atom. The maximum atomic E-state index is 12.0. The number of carbonyl (C=O) groups excluding carboxylic acids is 1. The number of hydrogen-bond acceptors (Lipinski definition) is 2. The largest absolute Gasteiger partial charge is 0.481 e. The van der Waals surface area contributed by atoms with E-state index >= 15 is 0 Å². The van der Waals surface area contributed by atoms with Gasteiger partial charge in [0.1, 0.15) is 0 Å². The Hall–Kier alpha value is -1.35. The van der Waals surface area contributed by atoms with Crippen LogP contribution in [0.15, 0.2) is 18.2 Å². The van der Waals surface area contributed by atoms with Crippen LogP contribution in [0.3, 0.4) is 0 Å². The summed E-state index contributed by atoms with van der Waals surface area (Å²) in [6.07, 6.45) is 1.93. The lowest BCUT2D eigenvalue weighted by atomic mass is 9.98. The first-order valence-corrected chi connectivity index (χ1v) is 6.01. The molecule has 0 heterocycles. The van der Waals surface area contributed by atoms with E-state index in [1.54, 1.807) is 18.2 Å². The summed E-state index contributed by atoms with van der Waals surface area (Å²) in [5, 5.41) is 9.20. The molecule has 1 aliphatic rings. The van der Waals surface area contributed by atoms with Crippen molar-refractivity contribution in [1.29, 1.82) is 0 Å². The number of hydrogen-bond donors (Lipinski definition) is 1. The molecule has 17 heavy (non-hydrogen) atoms. The fraction of sp³-hybridized carbons (Fsp3) is 0.385. The van der Waals surface area contributed by atoms with E-state index in [0.29, 0.717) is 29.8 Å². The summed E-state index contributed by atoms with van der Waals surface area (Å²) in [6.45, 7) is 0. The van der Waals surface area contributed by atoms with Crippen molar-refractivity contribution in [3.05, 3.63) is 34.3 Å². The second-order valence-electron chi connectivity index (χ2n) is 4.32. The highest BCUT2D eigenvalue weighted by Crippen LogP contribution is 2.34. The van der Waals surface area contributed by atoms with Crippen LogP contribution in [0.25, 0.3) is 0 Å². The normalized spacial score (nSPS) is 18.2. The number of benzene rings is 1. The van der Waals surface area contributed by atoms with Crippen LogP contribution in [0.2, 0.25) is 5.02 Å². The van der Waals surface area contributed by atoms with Crippen molar-refractivity contribution < 1.29 is 14.7 Å². The van der Waals surface area contributed by atoms with Gasteiger partial charge in [-0.05, 0) is 30.9 Å². The molecule has 1 aromatic rings. The Balaban J connectivity index is 2.04.